The quantitative estimate of drug-likeness (QED) is 0.300. The van der Waals surface area contributed by atoms with Crippen molar-refractivity contribution in [2.75, 3.05) is 0 Å². The van der Waals surface area contributed by atoms with Crippen LogP contribution in [0, 0.1) is 20.2 Å². The zero-order valence-electron chi connectivity index (χ0n) is 18.3. The molecular weight excluding hydrogens is 503 g/mol. The van der Waals surface area contributed by atoms with E-state index in [9.17, 15) is 20.2 Å². The molecule has 0 amide bonds. The zero-order valence-corrected chi connectivity index (χ0v) is 19.8. The first-order valence-corrected chi connectivity index (χ1v) is 11.3. The highest BCUT2D eigenvalue weighted by Crippen LogP contribution is 2.20. The summed E-state index contributed by atoms with van der Waals surface area (Å²) in [6.07, 6.45) is 0. The van der Waals surface area contributed by atoms with Crippen LogP contribution in [0.5, 0.6) is 0 Å². The second-order valence-electron chi connectivity index (χ2n) is 7.81. The Hall–Kier alpha value is -4.40. The van der Waals surface area contributed by atoms with Crippen LogP contribution in [0.3, 0.4) is 0 Å². The molecule has 1 aliphatic heterocycles. The molecule has 0 N–H and O–H groups in total. The molecule has 0 bridgehead atoms. The molecule has 0 radical (unpaired) electrons. The maximum Gasteiger partial charge on any atom is 0.271 e. The summed E-state index contributed by atoms with van der Waals surface area (Å²) in [5.74, 6) is 0. The molecule has 0 spiro atoms. The van der Waals surface area contributed by atoms with E-state index in [-0.39, 0.29) is 32.1 Å². The second kappa shape index (κ2) is 9.33. The first kappa shape index (κ1) is 23.3. The molecule has 176 valence electrons. The first-order chi connectivity index (χ1) is 17.3. The van der Waals surface area contributed by atoms with E-state index in [1.165, 1.54) is 24.3 Å². The Kier molecular flexibility index (Phi) is 6.05. The molecule has 8 nitrogen and oxygen atoms in total. The number of halogens is 2. The van der Waals surface area contributed by atoms with E-state index < -0.39 is 9.85 Å². The van der Waals surface area contributed by atoms with Crippen LogP contribution < -0.4 is 21.2 Å². The molecule has 0 fully saturated rings. The van der Waals surface area contributed by atoms with Gasteiger partial charge in [-0.15, -0.1) is 0 Å². The topological polar surface area (TPSA) is 111 Å². The predicted octanol–water partition coefficient (Wildman–Crippen LogP) is 4.08. The smallest absolute Gasteiger partial charge is 0.258 e. The van der Waals surface area contributed by atoms with Crippen molar-refractivity contribution in [2.45, 2.75) is 0 Å². The predicted molar refractivity (Wildman–Crippen MR) is 136 cm³/mol. The normalized spacial score (nSPS) is 17.3. The fourth-order valence-corrected chi connectivity index (χ4v) is 4.46. The van der Waals surface area contributed by atoms with Gasteiger partial charge in [0.05, 0.1) is 42.0 Å². The minimum Gasteiger partial charge on any atom is -0.258 e. The van der Waals surface area contributed by atoms with Gasteiger partial charge in [-0.2, -0.15) is 0 Å². The summed E-state index contributed by atoms with van der Waals surface area (Å²) in [6.45, 7) is 0. The summed E-state index contributed by atoms with van der Waals surface area (Å²) >= 11 is 13.1. The second-order valence-corrected chi connectivity index (χ2v) is 8.63. The van der Waals surface area contributed by atoms with Gasteiger partial charge in [-0.25, -0.2) is 9.98 Å². The maximum absolute atomic E-state index is 11.7. The van der Waals surface area contributed by atoms with Crippen LogP contribution in [0.15, 0.2) is 94.9 Å². The summed E-state index contributed by atoms with van der Waals surface area (Å²) in [7, 11) is 0. The summed E-state index contributed by atoms with van der Waals surface area (Å²) in [5, 5.41) is 24.5. The monoisotopic (exact) mass is 516 g/mol. The van der Waals surface area contributed by atoms with Crippen LogP contribution in [0.2, 0.25) is 10.0 Å². The lowest BCUT2D eigenvalue weighted by Crippen LogP contribution is -2.36. The van der Waals surface area contributed by atoms with Gasteiger partial charge in [-0.3, -0.25) is 20.2 Å². The third-order valence-electron chi connectivity index (χ3n) is 5.57. The van der Waals surface area contributed by atoms with Crippen LogP contribution in [0.1, 0.15) is 11.1 Å². The molecule has 0 saturated carbocycles. The molecule has 0 atom stereocenters. The number of rotatable bonds is 4. The first-order valence-electron chi connectivity index (χ1n) is 10.6. The number of non-ortho nitro benzene ring substituents is 2. The van der Waals surface area contributed by atoms with Gasteiger partial charge in [0.15, 0.2) is 0 Å². The summed E-state index contributed by atoms with van der Waals surface area (Å²) in [5.41, 5.74) is 1.49. The van der Waals surface area contributed by atoms with E-state index in [4.69, 9.17) is 33.2 Å². The van der Waals surface area contributed by atoms with Gasteiger partial charge in [0.1, 0.15) is 0 Å². The lowest BCUT2D eigenvalue weighted by Gasteiger charge is -2.11. The van der Waals surface area contributed by atoms with Gasteiger partial charge in [-0.1, -0.05) is 83.9 Å². The van der Waals surface area contributed by atoms with Crippen LogP contribution in [-0.4, -0.2) is 9.85 Å². The Balaban J connectivity index is 2.09. The SMILES string of the molecule is O=[N+]([O-])c1cc(Cl)c2/c(c1)=C(c1ccccc1)\N=c1/c(Cl)cc([N+](=O)[O-])c/c1=C(c1ccccc1)/N=2. The number of benzene rings is 4. The number of nitro benzene ring substituents is 2. The fraction of sp³-hybridized carbons (Fsp3) is 0. The molecule has 5 rings (SSSR count). The van der Waals surface area contributed by atoms with Crippen LogP contribution in [0.4, 0.5) is 11.4 Å². The molecule has 0 saturated heterocycles. The third-order valence-corrected chi connectivity index (χ3v) is 6.15. The number of nitrogens with zero attached hydrogens (tertiary/aromatic N) is 4. The molecule has 0 aromatic heterocycles. The van der Waals surface area contributed by atoms with Crippen molar-refractivity contribution < 1.29 is 9.85 Å². The van der Waals surface area contributed by atoms with Crippen molar-refractivity contribution in [1.29, 1.82) is 0 Å². The minimum absolute atomic E-state index is 0.0382. The number of hydrogen-bond acceptors (Lipinski definition) is 6. The number of hydrogen-bond donors (Lipinski definition) is 0. The molecule has 0 aliphatic carbocycles. The molecule has 4 aromatic carbocycles. The highest BCUT2D eigenvalue weighted by atomic mass is 35.5. The van der Waals surface area contributed by atoms with E-state index in [1.807, 2.05) is 12.1 Å². The molecule has 36 heavy (non-hydrogen) atoms. The van der Waals surface area contributed by atoms with Crippen molar-refractivity contribution >= 4 is 46.0 Å². The molecule has 0 unspecified atom stereocenters. The third kappa shape index (κ3) is 4.24. The van der Waals surface area contributed by atoms with Gasteiger partial charge in [0, 0.05) is 45.8 Å². The zero-order chi connectivity index (χ0) is 25.4. The van der Waals surface area contributed by atoms with E-state index >= 15 is 0 Å². The Morgan fingerprint density at radius 2 is 0.944 bits per heavy atom. The average Bonchev–Trinajstić information content (AvgIpc) is 2.86. The fourth-order valence-electron chi connectivity index (χ4n) is 3.94. The van der Waals surface area contributed by atoms with Crippen molar-refractivity contribution in [1.82, 2.24) is 0 Å². The standard InChI is InChI=1S/C26H14Cl2N4O4/c27-21-13-17(31(33)34)11-19-23(15-7-3-1-4-8-15)29-26-20(12-18(32(35)36)14-22(26)28)24(30-25(19)21)16-9-5-2-6-10-16/h1-14H/b23-19-,24-20-,29-23?,29-26-,30-24?,30-25-. The van der Waals surface area contributed by atoms with E-state index in [2.05, 4.69) is 0 Å². The molecule has 1 heterocycles. The summed E-state index contributed by atoms with van der Waals surface area (Å²) in [4.78, 5) is 31.9. The largest absolute Gasteiger partial charge is 0.271 e. The number of nitro groups is 2. The Labute approximate surface area is 213 Å². The Morgan fingerprint density at radius 1 is 0.583 bits per heavy atom. The highest BCUT2D eigenvalue weighted by molar-refractivity contribution is 6.31. The molecule has 1 aliphatic rings. The van der Waals surface area contributed by atoms with E-state index in [0.717, 1.165) is 0 Å². The van der Waals surface area contributed by atoms with Crippen molar-refractivity contribution in [3.8, 4) is 0 Å². The highest BCUT2D eigenvalue weighted by Gasteiger charge is 2.19. The average molecular weight is 517 g/mol. The van der Waals surface area contributed by atoms with Crippen molar-refractivity contribution in [3.05, 3.63) is 147 Å². The minimum atomic E-state index is -0.542. The van der Waals surface area contributed by atoms with Crippen LogP contribution >= 0.6 is 23.2 Å². The van der Waals surface area contributed by atoms with Crippen LogP contribution in [0.25, 0.3) is 11.4 Å². The van der Waals surface area contributed by atoms with E-state index in [1.54, 1.807) is 48.5 Å². The summed E-state index contributed by atoms with van der Waals surface area (Å²) < 4.78 is 0. The number of fused-ring (bicyclic) bond motifs is 2. The van der Waals surface area contributed by atoms with Crippen LogP contribution in [-0.2, 0) is 0 Å². The lowest BCUT2D eigenvalue weighted by atomic mass is 10.1. The van der Waals surface area contributed by atoms with Gasteiger partial charge in [-0.05, 0) is 0 Å². The van der Waals surface area contributed by atoms with Crippen molar-refractivity contribution in [2.24, 2.45) is 9.98 Å². The maximum atomic E-state index is 11.7. The molecule has 10 heteroatoms. The van der Waals surface area contributed by atoms with Gasteiger partial charge >= 0.3 is 0 Å². The summed E-state index contributed by atoms with van der Waals surface area (Å²) in [6, 6.07) is 23.2. The molecular formula is C26H14Cl2N4O4. The van der Waals surface area contributed by atoms with Gasteiger partial charge in [0.2, 0.25) is 0 Å². The Bertz CT molecular complexity index is 1670. The Morgan fingerprint density at radius 3 is 1.28 bits per heavy atom. The van der Waals surface area contributed by atoms with E-state index in [0.29, 0.717) is 33.0 Å². The van der Waals surface area contributed by atoms with Gasteiger partial charge < -0.3 is 0 Å². The van der Waals surface area contributed by atoms with Crippen molar-refractivity contribution in [3.63, 3.8) is 0 Å². The lowest BCUT2D eigenvalue weighted by molar-refractivity contribution is -0.385. The molecule has 4 aromatic rings. The van der Waals surface area contributed by atoms with Gasteiger partial charge in [0.25, 0.3) is 11.4 Å².